The van der Waals surface area contributed by atoms with Crippen LogP contribution in [0, 0.1) is 23.7 Å². The van der Waals surface area contributed by atoms with E-state index < -0.39 is 21.2 Å². The molecule has 9 nitrogen and oxygen atoms in total. The van der Waals surface area contributed by atoms with Crippen molar-refractivity contribution in [2.24, 2.45) is 23.7 Å². The normalized spacial score (nSPS) is 30.9. The highest BCUT2D eigenvalue weighted by Crippen LogP contribution is 2.46. The predicted octanol–water partition coefficient (Wildman–Crippen LogP) is 7.06. The van der Waals surface area contributed by atoms with Crippen molar-refractivity contribution in [2.75, 3.05) is 44.3 Å². The van der Waals surface area contributed by atoms with Crippen LogP contribution in [0.2, 0.25) is 5.02 Å². The van der Waals surface area contributed by atoms with E-state index in [0.717, 1.165) is 93.8 Å². The van der Waals surface area contributed by atoms with Crippen molar-refractivity contribution >= 4 is 33.2 Å². The van der Waals surface area contributed by atoms with Crippen molar-refractivity contribution in [2.45, 2.75) is 103 Å². The standard InChI is InChI=1S/C39H56ClN3O6S/c1-5-42(6-2)33-24-48-39(49-25-33)35-12-9-10-26(3)27(4)50(45,46)41-38(44)29-15-18-37-36(21-29)43(22-30-14-17-34(30)35)19-8-7-11-28-20-32(40)16-13-31(28)23-47-37/h13,15-16,18,20-21,26-27,30,33-35,39H,5-12,14,17,19,22-25H2,1-4H3,(H,41,44)/t26-,27+,30-,33?,34+,35-,39?/m0/s1. The maximum Gasteiger partial charge on any atom is 0.264 e. The van der Waals surface area contributed by atoms with Crippen LogP contribution in [-0.2, 0) is 32.5 Å². The fourth-order valence-electron chi connectivity index (χ4n) is 8.50. The summed E-state index contributed by atoms with van der Waals surface area (Å²) in [5.74, 6) is 1.04. The Morgan fingerprint density at radius 2 is 1.70 bits per heavy atom. The first-order valence-electron chi connectivity index (χ1n) is 18.9. The van der Waals surface area contributed by atoms with Crippen LogP contribution in [0.4, 0.5) is 5.69 Å². The SMILES string of the molecule is CCN(CC)C1COC([C@H]2CCC[C@H](C)[C@@H](C)S(=O)(=O)NC(=O)c3ccc4c(c3)N(CCCCc3cc(Cl)ccc3CO4)C[C@@H]3CC[C@H]32)OC1. The summed E-state index contributed by atoms with van der Waals surface area (Å²) < 4.78 is 49.0. The molecule has 0 aromatic heterocycles. The van der Waals surface area contributed by atoms with Gasteiger partial charge >= 0.3 is 0 Å². The van der Waals surface area contributed by atoms with E-state index in [2.05, 4.69) is 28.4 Å². The van der Waals surface area contributed by atoms with E-state index in [0.29, 0.717) is 43.0 Å². The number of likely N-dealkylation sites (N-methyl/N-ethyl adjacent to an activating group) is 1. The second-order valence-electron chi connectivity index (χ2n) is 15.0. The molecule has 3 aliphatic heterocycles. The lowest BCUT2D eigenvalue weighted by molar-refractivity contribution is -0.243. The first-order valence-corrected chi connectivity index (χ1v) is 20.8. The monoisotopic (exact) mass is 729 g/mol. The zero-order valence-corrected chi connectivity index (χ0v) is 31.8. The van der Waals surface area contributed by atoms with E-state index in [1.165, 1.54) is 5.56 Å². The number of hydrogen-bond donors (Lipinski definition) is 1. The molecule has 0 radical (unpaired) electrons. The molecular weight excluding hydrogens is 674 g/mol. The van der Waals surface area contributed by atoms with E-state index in [-0.39, 0.29) is 24.2 Å². The Kier molecular flexibility index (Phi) is 12.4. The van der Waals surface area contributed by atoms with Crippen LogP contribution < -0.4 is 14.4 Å². The smallest absolute Gasteiger partial charge is 0.264 e. The van der Waals surface area contributed by atoms with Crippen molar-refractivity contribution < 1.29 is 27.4 Å². The van der Waals surface area contributed by atoms with Gasteiger partial charge in [-0.05, 0) is 124 Å². The summed E-state index contributed by atoms with van der Waals surface area (Å²) >= 11 is 6.39. The van der Waals surface area contributed by atoms with Gasteiger partial charge in [0, 0.05) is 29.6 Å². The topological polar surface area (TPSA) is 97.4 Å². The van der Waals surface area contributed by atoms with Crippen molar-refractivity contribution in [1.29, 1.82) is 0 Å². The fourth-order valence-corrected chi connectivity index (χ4v) is 10.0. The molecule has 0 spiro atoms. The molecule has 5 atom stereocenters. The molecule has 1 saturated heterocycles. The van der Waals surface area contributed by atoms with Crippen LogP contribution >= 0.6 is 11.6 Å². The van der Waals surface area contributed by atoms with Gasteiger partial charge in [0.1, 0.15) is 12.4 Å². The Balaban J connectivity index is 1.33. The van der Waals surface area contributed by atoms with E-state index in [1.54, 1.807) is 13.0 Å². The molecule has 1 saturated carbocycles. The molecule has 50 heavy (non-hydrogen) atoms. The second kappa shape index (κ2) is 16.5. The van der Waals surface area contributed by atoms with Gasteiger partial charge in [0.05, 0.1) is 30.2 Å². The van der Waals surface area contributed by atoms with Gasteiger partial charge in [-0.15, -0.1) is 0 Å². The molecule has 4 aliphatic rings. The number of carbonyl (C=O) groups is 1. The van der Waals surface area contributed by atoms with Crippen LogP contribution in [0.1, 0.15) is 94.1 Å². The number of fused-ring (bicyclic) bond motifs is 3. The number of nitrogens with one attached hydrogen (secondary N) is 1. The van der Waals surface area contributed by atoms with Crippen molar-refractivity contribution in [3.8, 4) is 5.75 Å². The van der Waals surface area contributed by atoms with Crippen LogP contribution in [0.25, 0.3) is 0 Å². The van der Waals surface area contributed by atoms with Crippen molar-refractivity contribution in [3.05, 3.63) is 58.1 Å². The number of nitrogens with zero attached hydrogens (tertiary/aromatic N) is 2. The van der Waals surface area contributed by atoms with Crippen LogP contribution in [0.5, 0.6) is 5.75 Å². The summed E-state index contributed by atoms with van der Waals surface area (Å²) in [6.45, 7) is 13.3. The van der Waals surface area contributed by atoms with Gasteiger partial charge < -0.3 is 19.1 Å². The van der Waals surface area contributed by atoms with E-state index in [9.17, 15) is 13.2 Å². The average Bonchev–Trinajstić information content (AvgIpc) is 3.12. The van der Waals surface area contributed by atoms with E-state index in [4.69, 9.17) is 25.8 Å². The van der Waals surface area contributed by atoms with Gasteiger partial charge in [0.2, 0.25) is 10.0 Å². The minimum Gasteiger partial charge on any atom is -0.487 e. The van der Waals surface area contributed by atoms with Crippen LogP contribution in [0.15, 0.2) is 36.4 Å². The minimum absolute atomic E-state index is 0.125. The summed E-state index contributed by atoms with van der Waals surface area (Å²) in [7, 11) is -3.91. The number of aryl methyl sites for hydroxylation is 1. The summed E-state index contributed by atoms with van der Waals surface area (Å²) in [6.07, 6.45) is 7.36. The molecule has 11 heteroatoms. The van der Waals surface area contributed by atoms with Gasteiger partial charge in [-0.1, -0.05) is 44.9 Å². The molecule has 2 fully saturated rings. The molecule has 1 N–H and O–H groups in total. The predicted molar refractivity (Wildman–Crippen MR) is 198 cm³/mol. The molecular formula is C39H56ClN3O6S. The number of carbonyl (C=O) groups excluding carboxylic acids is 1. The molecule has 2 aromatic rings. The first-order chi connectivity index (χ1) is 24.1. The summed E-state index contributed by atoms with van der Waals surface area (Å²) in [6, 6.07) is 11.6. The third-order valence-corrected chi connectivity index (χ3v) is 14.2. The molecule has 0 unspecified atom stereocenters. The summed E-state index contributed by atoms with van der Waals surface area (Å²) in [4.78, 5) is 18.3. The number of anilines is 1. The molecule has 2 aromatic carbocycles. The number of halogens is 1. The summed E-state index contributed by atoms with van der Waals surface area (Å²) in [5.41, 5.74) is 3.43. The van der Waals surface area contributed by atoms with Crippen molar-refractivity contribution in [3.63, 3.8) is 0 Å². The van der Waals surface area contributed by atoms with Crippen LogP contribution in [0.3, 0.4) is 0 Å². The molecule has 6 rings (SSSR count). The summed E-state index contributed by atoms with van der Waals surface area (Å²) in [5, 5.41) is -0.000902. The molecule has 1 aliphatic carbocycles. The fraction of sp³-hybridized carbons (Fsp3) is 0.667. The number of rotatable bonds is 4. The number of amides is 1. The lowest BCUT2D eigenvalue weighted by atomic mass is 9.65. The number of hydrogen-bond acceptors (Lipinski definition) is 8. The number of sulfonamides is 1. The van der Waals surface area contributed by atoms with E-state index in [1.807, 2.05) is 37.3 Å². The first kappa shape index (κ1) is 37.4. The third-order valence-electron chi connectivity index (χ3n) is 12.0. The maximum absolute atomic E-state index is 13.5. The second-order valence-corrected chi connectivity index (χ2v) is 17.4. The Morgan fingerprint density at radius 3 is 2.42 bits per heavy atom. The Hall–Kier alpha value is -2.37. The Labute approximate surface area is 304 Å². The van der Waals surface area contributed by atoms with Gasteiger partial charge in [-0.3, -0.25) is 9.69 Å². The molecule has 2 bridgehead atoms. The Morgan fingerprint density at radius 1 is 0.920 bits per heavy atom. The van der Waals surface area contributed by atoms with E-state index >= 15 is 0 Å². The quantitative estimate of drug-likeness (QED) is 0.358. The molecule has 3 heterocycles. The van der Waals surface area contributed by atoms with Gasteiger partial charge in [-0.25, -0.2) is 13.1 Å². The number of benzene rings is 2. The molecule has 1 amide bonds. The highest BCUT2D eigenvalue weighted by molar-refractivity contribution is 7.90. The number of ether oxygens (including phenoxy) is 3. The van der Waals surface area contributed by atoms with Crippen molar-refractivity contribution in [1.82, 2.24) is 9.62 Å². The Bertz CT molecular complexity index is 1580. The lowest BCUT2D eigenvalue weighted by Crippen LogP contribution is -2.52. The van der Waals surface area contributed by atoms with Gasteiger partial charge in [0.25, 0.3) is 5.91 Å². The minimum atomic E-state index is -3.91. The third kappa shape index (κ3) is 8.46. The zero-order valence-electron chi connectivity index (χ0n) is 30.2. The highest BCUT2D eigenvalue weighted by atomic mass is 35.5. The largest absolute Gasteiger partial charge is 0.487 e. The van der Waals surface area contributed by atoms with Gasteiger partial charge in [-0.2, -0.15) is 0 Å². The zero-order chi connectivity index (χ0) is 35.4. The van der Waals surface area contributed by atoms with Crippen LogP contribution in [-0.4, -0.2) is 76.2 Å². The molecule has 276 valence electrons. The lowest BCUT2D eigenvalue weighted by Gasteiger charge is -2.48. The van der Waals surface area contributed by atoms with Gasteiger partial charge in [0.15, 0.2) is 6.29 Å². The maximum atomic E-state index is 13.5. The average molecular weight is 730 g/mol. The highest BCUT2D eigenvalue weighted by Gasteiger charge is 2.44.